The zero-order valence-corrected chi connectivity index (χ0v) is 6.26. The van der Waals surface area contributed by atoms with Gasteiger partial charge in [0.25, 0.3) is 0 Å². The Morgan fingerprint density at radius 2 is 2.20 bits per heavy atom. The van der Waals surface area contributed by atoms with E-state index in [2.05, 4.69) is 4.74 Å². The van der Waals surface area contributed by atoms with Crippen molar-refractivity contribution in [2.24, 2.45) is 5.73 Å². The lowest BCUT2D eigenvalue weighted by Crippen LogP contribution is -2.66. The summed E-state index contributed by atoms with van der Waals surface area (Å²) in [5.41, 5.74) is 5.45. The number of hydrogen-bond acceptors (Lipinski definition) is 3. The molecule has 0 atom stereocenters. The number of methoxy groups -OCH3 is 1. The van der Waals surface area contributed by atoms with Gasteiger partial charge in [0.2, 0.25) is 0 Å². The van der Waals surface area contributed by atoms with Crippen LogP contribution in [0.5, 0.6) is 0 Å². The molecule has 1 amide bonds. The zero-order valence-electron chi connectivity index (χ0n) is 6.26. The molecule has 1 aliphatic rings. The summed E-state index contributed by atoms with van der Waals surface area (Å²) in [6.45, 7) is 3.10. The highest BCUT2D eigenvalue weighted by molar-refractivity contribution is 5.69. The Morgan fingerprint density at radius 3 is 2.50 bits per heavy atom. The first-order valence-corrected chi connectivity index (χ1v) is 3.17. The number of carbonyl (C=O) groups is 1. The minimum absolute atomic E-state index is 0.200. The first kappa shape index (κ1) is 7.34. The summed E-state index contributed by atoms with van der Waals surface area (Å²) >= 11 is 0. The van der Waals surface area contributed by atoms with Crippen LogP contribution in [0.3, 0.4) is 0 Å². The van der Waals surface area contributed by atoms with Gasteiger partial charge in [-0.15, -0.1) is 0 Å². The summed E-state index contributed by atoms with van der Waals surface area (Å²) in [4.78, 5) is 12.3. The Balaban J connectivity index is 2.33. The number of hydrogen-bond donors (Lipinski definition) is 1. The van der Waals surface area contributed by atoms with E-state index in [1.54, 1.807) is 4.90 Å². The Labute approximate surface area is 59.9 Å². The molecule has 10 heavy (non-hydrogen) atoms. The van der Waals surface area contributed by atoms with Crippen molar-refractivity contribution >= 4 is 6.09 Å². The molecule has 0 bridgehead atoms. The molecule has 0 aromatic carbocycles. The number of ether oxygens (including phenoxy) is 1. The summed E-state index contributed by atoms with van der Waals surface area (Å²) in [5.74, 6) is 0. The molecular formula is C6H12N2O2. The van der Waals surface area contributed by atoms with Crippen LogP contribution in [0.15, 0.2) is 0 Å². The van der Waals surface area contributed by atoms with Crippen molar-refractivity contribution < 1.29 is 9.53 Å². The van der Waals surface area contributed by atoms with Gasteiger partial charge in [-0.3, -0.25) is 0 Å². The Kier molecular flexibility index (Phi) is 1.56. The van der Waals surface area contributed by atoms with Crippen LogP contribution in [-0.2, 0) is 4.74 Å². The van der Waals surface area contributed by atoms with E-state index in [-0.39, 0.29) is 11.6 Å². The normalized spacial score (nSPS) is 21.7. The fourth-order valence-corrected chi connectivity index (χ4v) is 1.08. The molecule has 0 unspecified atom stereocenters. The van der Waals surface area contributed by atoms with E-state index in [0.717, 1.165) is 0 Å². The van der Waals surface area contributed by atoms with Gasteiger partial charge in [-0.1, -0.05) is 0 Å². The number of nitrogens with zero attached hydrogens (tertiary/aromatic N) is 1. The van der Waals surface area contributed by atoms with Crippen molar-refractivity contribution in [3.8, 4) is 0 Å². The third-order valence-electron chi connectivity index (χ3n) is 1.54. The first-order chi connectivity index (χ1) is 4.55. The van der Waals surface area contributed by atoms with Gasteiger partial charge in [-0.2, -0.15) is 0 Å². The summed E-state index contributed by atoms with van der Waals surface area (Å²) in [6, 6.07) is 0. The quantitative estimate of drug-likeness (QED) is 0.511. The maximum absolute atomic E-state index is 10.7. The molecule has 4 heteroatoms. The minimum Gasteiger partial charge on any atom is -0.453 e. The molecule has 0 spiro atoms. The predicted molar refractivity (Wildman–Crippen MR) is 36.6 cm³/mol. The smallest absolute Gasteiger partial charge is 0.409 e. The minimum atomic E-state index is -0.289. The highest BCUT2D eigenvalue weighted by Gasteiger charge is 2.38. The largest absolute Gasteiger partial charge is 0.453 e. The maximum atomic E-state index is 10.7. The number of rotatable bonds is 0. The molecule has 0 aromatic heterocycles. The van der Waals surface area contributed by atoms with Gasteiger partial charge in [0, 0.05) is 18.6 Å². The van der Waals surface area contributed by atoms with E-state index in [9.17, 15) is 4.79 Å². The molecule has 2 N–H and O–H groups in total. The molecule has 1 aliphatic heterocycles. The van der Waals surface area contributed by atoms with Crippen molar-refractivity contribution in [2.45, 2.75) is 12.5 Å². The van der Waals surface area contributed by atoms with Crippen molar-refractivity contribution in [1.82, 2.24) is 4.90 Å². The van der Waals surface area contributed by atoms with Gasteiger partial charge in [-0.25, -0.2) is 4.79 Å². The number of likely N-dealkylation sites (tertiary alicyclic amines) is 1. The van der Waals surface area contributed by atoms with Crippen LogP contribution in [0, 0.1) is 0 Å². The van der Waals surface area contributed by atoms with Crippen LogP contribution >= 0.6 is 0 Å². The highest BCUT2D eigenvalue weighted by atomic mass is 16.5. The van der Waals surface area contributed by atoms with Gasteiger partial charge in [0.05, 0.1) is 7.11 Å². The van der Waals surface area contributed by atoms with Crippen LogP contribution < -0.4 is 5.73 Å². The lowest BCUT2D eigenvalue weighted by atomic mass is 9.95. The second-order valence-electron chi connectivity index (χ2n) is 2.98. The second-order valence-corrected chi connectivity index (χ2v) is 2.98. The molecule has 0 saturated carbocycles. The summed E-state index contributed by atoms with van der Waals surface area (Å²) in [5, 5.41) is 0. The van der Waals surface area contributed by atoms with Crippen molar-refractivity contribution in [2.75, 3.05) is 20.2 Å². The first-order valence-electron chi connectivity index (χ1n) is 3.17. The monoisotopic (exact) mass is 144 g/mol. The third-order valence-corrected chi connectivity index (χ3v) is 1.54. The number of carbonyl (C=O) groups excluding carboxylic acids is 1. The van der Waals surface area contributed by atoms with Crippen molar-refractivity contribution in [1.29, 1.82) is 0 Å². The van der Waals surface area contributed by atoms with Gasteiger partial charge in [0.1, 0.15) is 0 Å². The van der Waals surface area contributed by atoms with Gasteiger partial charge < -0.3 is 15.4 Å². The highest BCUT2D eigenvalue weighted by Crippen LogP contribution is 2.17. The van der Waals surface area contributed by atoms with Crippen LogP contribution in [0.2, 0.25) is 0 Å². The number of nitrogens with two attached hydrogens (primary N) is 1. The van der Waals surface area contributed by atoms with E-state index in [4.69, 9.17) is 5.73 Å². The Hall–Kier alpha value is -0.770. The van der Waals surface area contributed by atoms with E-state index in [0.29, 0.717) is 13.1 Å². The van der Waals surface area contributed by atoms with Crippen LogP contribution in [0.25, 0.3) is 0 Å². The van der Waals surface area contributed by atoms with Crippen molar-refractivity contribution in [3.63, 3.8) is 0 Å². The summed E-state index contributed by atoms with van der Waals surface area (Å²) < 4.78 is 4.48. The second kappa shape index (κ2) is 2.12. The van der Waals surface area contributed by atoms with Crippen LogP contribution in [0.4, 0.5) is 4.79 Å². The summed E-state index contributed by atoms with van der Waals surface area (Å²) in [7, 11) is 1.37. The Morgan fingerprint density at radius 1 is 1.70 bits per heavy atom. The molecule has 1 rings (SSSR count). The summed E-state index contributed by atoms with van der Waals surface area (Å²) in [6.07, 6.45) is -0.289. The van der Waals surface area contributed by atoms with E-state index >= 15 is 0 Å². The van der Waals surface area contributed by atoms with Gasteiger partial charge in [-0.05, 0) is 6.92 Å². The van der Waals surface area contributed by atoms with Crippen LogP contribution in [0.1, 0.15) is 6.92 Å². The van der Waals surface area contributed by atoms with Crippen LogP contribution in [-0.4, -0.2) is 36.7 Å². The molecule has 0 radical (unpaired) electrons. The molecular weight excluding hydrogens is 132 g/mol. The molecule has 4 nitrogen and oxygen atoms in total. The average molecular weight is 144 g/mol. The fourth-order valence-electron chi connectivity index (χ4n) is 1.08. The van der Waals surface area contributed by atoms with E-state index in [1.165, 1.54) is 7.11 Å². The third kappa shape index (κ3) is 1.21. The standard InChI is InChI=1S/C6H12N2O2/c1-6(7)3-8(4-6)5(9)10-2/h3-4,7H2,1-2H3. The molecule has 0 aliphatic carbocycles. The molecule has 1 fully saturated rings. The SMILES string of the molecule is COC(=O)N1CC(C)(N)C1. The zero-order chi connectivity index (χ0) is 7.78. The average Bonchev–Trinajstić information content (AvgIpc) is 1.81. The topological polar surface area (TPSA) is 55.6 Å². The lowest BCUT2D eigenvalue weighted by molar-refractivity contribution is 0.0592. The van der Waals surface area contributed by atoms with E-state index in [1.807, 2.05) is 6.92 Å². The van der Waals surface area contributed by atoms with Gasteiger partial charge >= 0.3 is 6.09 Å². The molecule has 1 saturated heterocycles. The Bertz CT molecular complexity index is 148. The molecule has 0 aromatic rings. The molecule has 58 valence electrons. The fraction of sp³-hybridized carbons (Fsp3) is 0.833. The number of amides is 1. The predicted octanol–water partition coefficient (Wildman–Crippen LogP) is -0.214. The lowest BCUT2D eigenvalue weighted by Gasteiger charge is -2.44. The van der Waals surface area contributed by atoms with Crippen molar-refractivity contribution in [3.05, 3.63) is 0 Å². The van der Waals surface area contributed by atoms with Gasteiger partial charge in [0.15, 0.2) is 0 Å². The maximum Gasteiger partial charge on any atom is 0.409 e. The molecule has 1 heterocycles. The van der Waals surface area contributed by atoms with E-state index < -0.39 is 0 Å².